The average molecular weight is 248 g/mol. The third-order valence-corrected chi connectivity index (χ3v) is 3.38. The van der Waals surface area contributed by atoms with Crippen molar-refractivity contribution in [1.29, 1.82) is 0 Å². The largest absolute Gasteiger partial charge is 0.388 e. The molecule has 0 aliphatic heterocycles. The number of aryl methyl sites for hydroxylation is 2. The quantitative estimate of drug-likeness (QED) is 0.902. The monoisotopic (exact) mass is 248 g/mol. The molecule has 0 radical (unpaired) electrons. The molecule has 1 N–H and O–H groups in total. The summed E-state index contributed by atoms with van der Waals surface area (Å²) in [5.41, 5.74) is 2.59. The number of benzene rings is 1. The topological polar surface area (TPSA) is 47.2 Å². The van der Waals surface area contributed by atoms with Gasteiger partial charge in [0, 0.05) is 14.1 Å². The maximum atomic E-state index is 11.8. The van der Waals surface area contributed by atoms with Gasteiger partial charge in [0.05, 0.1) is 17.1 Å². The Labute approximate surface area is 106 Å². The van der Waals surface area contributed by atoms with Crippen LogP contribution in [0.3, 0.4) is 0 Å². The van der Waals surface area contributed by atoms with Crippen LogP contribution in [0.1, 0.15) is 31.9 Å². The van der Waals surface area contributed by atoms with Gasteiger partial charge >= 0.3 is 5.69 Å². The van der Waals surface area contributed by atoms with Crippen molar-refractivity contribution >= 4 is 11.0 Å². The zero-order valence-electron chi connectivity index (χ0n) is 11.3. The SMILES string of the molecule is CC(C)CC(O)c1ccc2c(c1)n(C)c(=O)n2C. The zero-order chi connectivity index (χ0) is 13.4. The molecule has 4 heteroatoms. The standard InChI is InChI=1S/C14H20N2O2/c1-9(2)7-13(17)10-5-6-11-12(8-10)16(4)14(18)15(11)3/h5-6,8-9,13,17H,7H2,1-4H3. The van der Waals surface area contributed by atoms with E-state index in [1.54, 1.807) is 23.2 Å². The number of hydrogen-bond acceptors (Lipinski definition) is 2. The van der Waals surface area contributed by atoms with Crippen molar-refractivity contribution < 1.29 is 5.11 Å². The van der Waals surface area contributed by atoms with Crippen molar-refractivity contribution in [2.75, 3.05) is 0 Å². The van der Waals surface area contributed by atoms with Gasteiger partial charge in [0.25, 0.3) is 0 Å². The molecule has 0 saturated carbocycles. The number of nitrogens with zero attached hydrogens (tertiary/aromatic N) is 2. The molecule has 2 rings (SSSR count). The van der Waals surface area contributed by atoms with E-state index < -0.39 is 6.10 Å². The molecule has 1 unspecified atom stereocenters. The first-order valence-electron chi connectivity index (χ1n) is 6.25. The second-order valence-electron chi connectivity index (χ2n) is 5.29. The summed E-state index contributed by atoms with van der Waals surface area (Å²) in [4.78, 5) is 11.8. The lowest BCUT2D eigenvalue weighted by Gasteiger charge is -2.13. The molecule has 1 atom stereocenters. The normalized spacial score (nSPS) is 13.4. The highest BCUT2D eigenvalue weighted by Crippen LogP contribution is 2.24. The minimum absolute atomic E-state index is 0.0412. The Morgan fingerprint density at radius 1 is 1.17 bits per heavy atom. The summed E-state index contributed by atoms with van der Waals surface area (Å²) in [6, 6.07) is 5.70. The molecule has 0 aliphatic carbocycles. The van der Waals surface area contributed by atoms with Crippen LogP contribution in [-0.2, 0) is 14.1 Å². The fraction of sp³-hybridized carbons (Fsp3) is 0.500. The smallest absolute Gasteiger partial charge is 0.328 e. The number of hydrogen-bond donors (Lipinski definition) is 1. The minimum Gasteiger partial charge on any atom is -0.388 e. The number of fused-ring (bicyclic) bond motifs is 1. The summed E-state index contributed by atoms with van der Waals surface area (Å²) in [6.07, 6.45) is 0.261. The summed E-state index contributed by atoms with van der Waals surface area (Å²) in [5.74, 6) is 0.440. The van der Waals surface area contributed by atoms with Crippen LogP contribution in [0.15, 0.2) is 23.0 Å². The van der Waals surface area contributed by atoms with Gasteiger partial charge in [0.2, 0.25) is 0 Å². The van der Waals surface area contributed by atoms with E-state index in [0.29, 0.717) is 5.92 Å². The Balaban J connectivity index is 2.51. The van der Waals surface area contributed by atoms with Crippen molar-refractivity contribution in [1.82, 2.24) is 9.13 Å². The van der Waals surface area contributed by atoms with Gasteiger partial charge in [-0.3, -0.25) is 9.13 Å². The third kappa shape index (κ3) is 2.08. The molecule has 0 saturated heterocycles. The average Bonchev–Trinajstić information content (AvgIpc) is 2.53. The van der Waals surface area contributed by atoms with Crippen LogP contribution in [-0.4, -0.2) is 14.2 Å². The fourth-order valence-corrected chi connectivity index (χ4v) is 2.31. The van der Waals surface area contributed by atoms with Gasteiger partial charge in [-0.15, -0.1) is 0 Å². The Kier molecular flexibility index (Phi) is 3.30. The number of aliphatic hydroxyl groups excluding tert-OH is 1. The van der Waals surface area contributed by atoms with Gasteiger partial charge in [-0.2, -0.15) is 0 Å². The van der Waals surface area contributed by atoms with Crippen LogP contribution in [0.2, 0.25) is 0 Å². The second-order valence-corrected chi connectivity index (χ2v) is 5.29. The number of aromatic nitrogens is 2. The molecular weight excluding hydrogens is 228 g/mol. The van der Waals surface area contributed by atoms with Crippen molar-refractivity contribution in [3.8, 4) is 0 Å². The first-order chi connectivity index (χ1) is 8.41. The van der Waals surface area contributed by atoms with E-state index in [4.69, 9.17) is 0 Å². The Hall–Kier alpha value is -1.55. The second kappa shape index (κ2) is 4.61. The van der Waals surface area contributed by atoms with Crippen molar-refractivity contribution in [3.05, 3.63) is 34.2 Å². The predicted octanol–water partition coefficient (Wildman–Crippen LogP) is 1.96. The molecule has 0 aliphatic rings. The molecule has 98 valence electrons. The fourth-order valence-electron chi connectivity index (χ4n) is 2.31. The van der Waals surface area contributed by atoms with Crippen LogP contribution < -0.4 is 5.69 Å². The first kappa shape index (κ1) is 12.9. The van der Waals surface area contributed by atoms with E-state index in [9.17, 15) is 9.90 Å². The molecule has 1 aromatic heterocycles. The van der Waals surface area contributed by atoms with E-state index in [0.717, 1.165) is 23.0 Å². The van der Waals surface area contributed by atoms with Gasteiger partial charge < -0.3 is 5.11 Å². The highest BCUT2D eigenvalue weighted by Gasteiger charge is 2.13. The lowest BCUT2D eigenvalue weighted by atomic mass is 9.99. The van der Waals surface area contributed by atoms with Gasteiger partial charge in [0.1, 0.15) is 0 Å². The number of rotatable bonds is 3. The van der Waals surface area contributed by atoms with Crippen LogP contribution in [0.25, 0.3) is 11.0 Å². The molecule has 0 fully saturated rings. The molecule has 0 spiro atoms. The minimum atomic E-state index is -0.468. The molecule has 1 aromatic carbocycles. The third-order valence-electron chi connectivity index (χ3n) is 3.38. The van der Waals surface area contributed by atoms with Gasteiger partial charge in [-0.1, -0.05) is 19.9 Å². The van der Waals surface area contributed by atoms with Crippen LogP contribution in [0.5, 0.6) is 0 Å². The van der Waals surface area contributed by atoms with Crippen molar-refractivity contribution in [2.24, 2.45) is 20.0 Å². The summed E-state index contributed by atoms with van der Waals surface area (Å²) in [7, 11) is 3.51. The maximum absolute atomic E-state index is 11.8. The summed E-state index contributed by atoms with van der Waals surface area (Å²) in [5, 5.41) is 10.1. The molecule has 2 aromatic rings. The number of imidazole rings is 1. The maximum Gasteiger partial charge on any atom is 0.328 e. The molecule has 1 heterocycles. The van der Waals surface area contributed by atoms with E-state index in [1.165, 1.54) is 0 Å². The summed E-state index contributed by atoms with van der Waals surface area (Å²) in [6.45, 7) is 4.17. The predicted molar refractivity (Wildman–Crippen MR) is 72.6 cm³/mol. The molecular formula is C14H20N2O2. The Morgan fingerprint density at radius 3 is 2.39 bits per heavy atom. The van der Waals surface area contributed by atoms with Crippen LogP contribution in [0, 0.1) is 5.92 Å². The van der Waals surface area contributed by atoms with Gasteiger partial charge in [-0.05, 0) is 30.0 Å². The first-order valence-corrected chi connectivity index (χ1v) is 6.25. The van der Waals surface area contributed by atoms with Gasteiger partial charge in [0.15, 0.2) is 0 Å². The van der Waals surface area contributed by atoms with Gasteiger partial charge in [-0.25, -0.2) is 4.79 Å². The number of aliphatic hydroxyl groups is 1. The van der Waals surface area contributed by atoms with E-state index >= 15 is 0 Å². The Bertz CT molecular complexity index is 622. The molecule has 0 bridgehead atoms. The van der Waals surface area contributed by atoms with Crippen molar-refractivity contribution in [2.45, 2.75) is 26.4 Å². The lowest BCUT2D eigenvalue weighted by molar-refractivity contribution is 0.151. The van der Waals surface area contributed by atoms with E-state index in [1.807, 2.05) is 18.2 Å². The van der Waals surface area contributed by atoms with Crippen LogP contribution >= 0.6 is 0 Å². The highest BCUT2D eigenvalue weighted by molar-refractivity contribution is 5.76. The molecule has 0 amide bonds. The van der Waals surface area contributed by atoms with Crippen LogP contribution in [0.4, 0.5) is 0 Å². The lowest BCUT2D eigenvalue weighted by Crippen LogP contribution is -2.19. The zero-order valence-corrected chi connectivity index (χ0v) is 11.3. The summed E-state index contributed by atoms with van der Waals surface area (Å²) >= 11 is 0. The Morgan fingerprint density at radius 2 is 1.78 bits per heavy atom. The highest BCUT2D eigenvalue weighted by atomic mass is 16.3. The van der Waals surface area contributed by atoms with Crippen molar-refractivity contribution in [3.63, 3.8) is 0 Å². The van der Waals surface area contributed by atoms with E-state index in [2.05, 4.69) is 13.8 Å². The molecule has 4 nitrogen and oxygen atoms in total. The molecule has 18 heavy (non-hydrogen) atoms. The summed E-state index contributed by atoms with van der Waals surface area (Å²) < 4.78 is 3.23. The van der Waals surface area contributed by atoms with E-state index in [-0.39, 0.29) is 5.69 Å².